The van der Waals surface area contributed by atoms with Crippen LogP contribution in [0.25, 0.3) is 0 Å². The third kappa shape index (κ3) is 38.6. The molecule has 0 aromatic heterocycles. The van der Waals surface area contributed by atoms with Crippen LogP contribution in [0.5, 0.6) is 0 Å². The van der Waals surface area contributed by atoms with Crippen molar-refractivity contribution in [3.8, 4) is 0 Å². The van der Waals surface area contributed by atoms with Gasteiger partial charge in [0.1, 0.15) is 17.8 Å². The number of aliphatic carboxylic acids is 1. The van der Waals surface area contributed by atoms with Crippen LogP contribution in [0.1, 0.15) is 48.5 Å². The molecular formula is C22H34Br2O8. The number of halogens is 2. The fraction of sp³-hybridized carbons (Fsp3) is 0.545. The molecule has 0 aromatic carbocycles. The van der Waals surface area contributed by atoms with Gasteiger partial charge in [-0.3, -0.25) is 4.79 Å². The summed E-state index contributed by atoms with van der Waals surface area (Å²) in [6.45, 7) is 12.3. The highest BCUT2D eigenvalue weighted by atomic mass is 79.9. The standard InChI is InChI=1S/C10H16O4.C8H13BrO2.C4H5BrO2/c1-8(11)13-7-5-6-9(12)14-10(2,3)4;1-8(2,3)11-7(10)5-4-6-9;5-3-1-2-4(6)7/h5-6H,7H2,1-4H3;4-5H,6H2,1-3H3;1-2H,3H2,(H,6,7)/b6-5+;5-4+;2-1+. The molecule has 0 radical (unpaired) electrons. The van der Waals surface area contributed by atoms with Gasteiger partial charge in [0.25, 0.3) is 0 Å². The van der Waals surface area contributed by atoms with Gasteiger partial charge in [0.15, 0.2) is 0 Å². The van der Waals surface area contributed by atoms with Crippen molar-refractivity contribution in [3.63, 3.8) is 0 Å². The van der Waals surface area contributed by atoms with Crippen LogP contribution in [0.15, 0.2) is 36.5 Å². The normalized spacial score (nSPS) is 11.3. The zero-order valence-electron chi connectivity index (χ0n) is 19.6. The lowest BCUT2D eigenvalue weighted by molar-refractivity contribution is -0.149. The number of ether oxygens (including phenoxy) is 3. The molecule has 0 atom stereocenters. The second-order valence-corrected chi connectivity index (χ2v) is 9.02. The van der Waals surface area contributed by atoms with Crippen molar-refractivity contribution in [2.75, 3.05) is 17.3 Å². The molecule has 184 valence electrons. The number of hydrogen-bond acceptors (Lipinski definition) is 7. The first kappa shape index (κ1) is 34.7. The molecule has 0 aliphatic carbocycles. The Morgan fingerprint density at radius 1 is 0.750 bits per heavy atom. The maximum Gasteiger partial charge on any atom is 0.331 e. The summed E-state index contributed by atoms with van der Waals surface area (Å²) in [7, 11) is 0. The minimum atomic E-state index is -0.903. The molecule has 0 saturated heterocycles. The van der Waals surface area contributed by atoms with E-state index in [-0.39, 0.29) is 18.5 Å². The number of carboxylic acids is 1. The van der Waals surface area contributed by atoms with Gasteiger partial charge in [0.2, 0.25) is 0 Å². The van der Waals surface area contributed by atoms with E-state index in [9.17, 15) is 19.2 Å². The summed E-state index contributed by atoms with van der Waals surface area (Å²) in [5.74, 6) is -2.01. The van der Waals surface area contributed by atoms with E-state index in [0.717, 1.165) is 6.08 Å². The Labute approximate surface area is 207 Å². The van der Waals surface area contributed by atoms with Crippen molar-refractivity contribution < 1.29 is 38.5 Å². The zero-order chi connectivity index (χ0) is 25.8. The maximum absolute atomic E-state index is 11.1. The molecule has 0 bridgehead atoms. The third-order valence-corrected chi connectivity index (χ3v) is 2.89. The first-order valence-corrected chi connectivity index (χ1v) is 11.7. The highest BCUT2D eigenvalue weighted by Crippen LogP contribution is 2.07. The summed E-state index contributed by atoms with van der Waals surface area (Å²) in [5.41, 5.74) is -0.892. The second-order valence-electron chi connectivity index (χ2n) is 7.72. The van der Waals surface area contributed by atoms with Crippen LogP contribution in [0, 0.1) is 0 Å². The van der Waals surface area contributed by atoms with Gasteiger partial charge in [-0.25, -0.2) is 14.4 Å². The van der Waals surface area contributed by atoms with Crippen LogP contribution in [0.2, 0.25) is 0 Å². The van der Waals surface area contributed by atoms with Crippen LogP contribution < -0.4 is 0 Å². The molecule has 0 aliphatic rings. The Hall–Kier alpha value is -1.94. The quantitative estimate of drug-likeness (QED) is 0.197. The molecule has 0 aromatic rings. The van der Waals surface area contributed by atoms with Gasteiger partial charge in [-0.1, -0.05) is 44.0 Å². The summed E-state index contributed by atoms with van der Waals surface area (Å²) >= 11 is 6.19. The van der Waals surface area contributed by atoms with E-state index in [0.29, 0.717) is 10.7 Å². The van der Waals surface area contributed by atoms with Gasteiger partial charge in [0, 0.05) is 35.8 Å². The smallest absolute Gasteiger partial charge is 0.331 e. The fourth-order valence-corrected chi connectivity index (χ4v) is 1.64. The van der Waals surface area contributed by atoms with Gasteiger partial charge in [-0.05, 0) is 47.6 Å². The number of esters is 3. The minimum absolute atomic E-state index is 0.0918. The van der Waals surface area contributed by atoms with Crippen molar-refractivity contribution in [2.24, 2.45) is 0 Å². The second kappa shape index (κ2) is 19.7. The molecule has 0 saturated carbocycles. The molecule has 0 unspecified atom stereocenters. The summed E-state index contributed by atoms with van der Waals surface area (Å²) in [6.07, 6.45) is 8.41. The number of alkyl halides is 2. The lowest BCUT2D eigenvalue weighted by atomic mass is 10.2. The molecule has 0 rings (SSSR count). The first-order chi connectivity index (χ1) is 14.5. The monoisotopic (exact) mass is 584 g/mol. The Balaban J connectivity index is -0.000000417. The van der Waals surface area contributed by atoms with E-state index in [1.165, 1.54) is 31.2 Å². The van der Waals surface area contributed by atoms with E-state index in [1.807, 2.05) is 20.8 Å². The third-order valence-electron chi connectivity index (χ3n) is 2.14. The molecule has 0 amide bonds. The molecule has 0 fully saturated rings. The Kier molecular flexibility index (Phi) is 21.4. The predicted octanol–water partition coefficient (Wildman–Crippen LogP) is 4.75. The topological polar surface area (TPSA) is 116 Å². The fourth-order valence-electron chi connectivity index (χ4n) is 1.27. The lowest BCUT2D eigenvalue weighted by Crippen LogP contribution is -2.22. The molecule has 0 spiro atoms. The molecular weight excluding hydrogens is 552 g/mol. The van der Waals surface area contributed by atoms with Gasteiger partial charge >= 0.3 is 23.9 Å². The number of carboxylic acid groups (broad SMARTS) is 1. The number of hydrogen-bond donors (Lipinski definition) is 1. The van der Waals surface area contributed by atoms with E-state index in [1.54, 1.807) is 26.8 Å². The van der Waals surface area contributed by atoms with Crippen molar-refractivity contribution in [3.05, 3.63) is 36.5 Å². The molecule has 10 heteroatoms. The highest BCUT2D eigenvalue weighted by Gasteiger charge is 2.14. The summed E-state index contributed by atoms with van der Waals surface area (Å²) in [4.78, 5) is 41.9. The highest BCUT2D eigenvalue weighted by molar-refractivity contribution is 9.09. The number of carbonyl (C=O) groups excluding carboxylic acids is 3. The Morgan fingerprint density at radius 3 is 1.41 bits per heavy atom. The molecule has 8 nitrogen and oxygen atoms in total. The van der Waals surface area contributed by atoms with Crippen LogP contribution in [-0.2, 0) is 33.4 Å². The SMILES string of the molecule is CC(=O)OC/C=C/C(=O)OC(C)(C)C.CC(C)(C)OC(=O)/C=C/CBr.O=C(O)/C=C/CBr. The molecule has 0 heterocycles. The first-order valence-electron chi connectivity index (χ1n) is 9.47. The molecule has 32 heavy (non-hydrogen) atoms. The summed E-state index contributed by atoms with van der Waals surface area (Å²) in [6, 6.07) is 0. The van der Waals surface area contributed by atoms with Gasteiger partial charge in [0.05, 0.1) is 0 Å². The van der Waals surface area contributed by atoms with E-state index in [4.69, 9.17) is 14.6 Å². The average molecular weight is 586 g/mol. The van der Waals surface area contributed by atoms with Crippen molar-refractivity contribution >= 4 is 55.7 Å². The van der Waals surface area contributed by atoms with Gasteiger partial charge < -0.3 is 19.3 Å². The van der Waals surface area contributed by atoms with Gasteiger partial charge in [-0.2, -0.15) is 0 Å². The van der Waals surface area contributed by atoms with E-state index >= 15 is 0 Å². The van der Waals surface area contributed by atoms with Crippen molar-refractivity contribution in [2.45, 2.75) is 59.7 Å². The number of rotatable bonds is 7. The van der Waals surface area contributed by atoms with E-state index in [2.05, 4.69) is 36.6 Å². The Morgan fingerprint density at radius 2 is 1.12 bits per heavy atom. The number of allylic oxidation sites excluding steroid dienone is 2. The van der Waals surface area contributed by atoms with Crippen molar-refractivity contribution in [1.82, 2.24) is 0 Å². The molecule has 1 N–H and O–H groups in total. The Bertz CT molecular complexity index is 654. The van der Waals surface area contributed by atoms with Crippen LogP contribution in [0.3, 0.4) is 0 Å². The minimum Gasteiger partial charge on any atom is -0.478 e. The lowest BCUT2D eigenvalue weighted by Gasteiger charge is -2.17. The molecule has 0 aliphatic heterocycles. The van der Waals surface area contributed by atoms with Crippen molar-refractivity contribution in [1.29, 1.82) is 0 Å². The summed E-state index contributed by atoms with van der Waals surface area (Å²) in [5, 5.41) is 9.21. The predicted molar refractivity (Wildman–Crippen MR) is 131 cm³/mol. The van der Waals surface area contributed by atoms with Crippen LogP contribution in [0.4, 0.5) is 0 Å². The van der Waals surface area contributed by atoms with E-state index < -0.39 is 23.1 Å². The average Bonchev–Trinajstić information content (AvgIpc) is 2.60. The maximum atomic E-state index is 11.1. The number of carbonyl (C=O) groups is 4. The van der Waals surface area contributed by atoms with Gasteiger partial charge in [-0.15, -0.1) is 0 Å². The zero-order valence-corrected chi connectivity index (χ0v) is 22.8. The summed E-state index contributed by atoms with van der Waals surface area (Å²) < 4.78 is 14.6. The van der Waals surface area contributed by atoms with Crippen LogP contribution in [-0.4, -0.2) is 57.5 Å². The largest absolute Gasteiger partial charge is 0.478 e. The van der Waals surface area contributed by atoms with Crippen LogP contribution >= 0.6 is 31.9 Å².